The zero-order chi connectivity index (χ0) is 17.5. The maximum absolute atomic E-state index is 12.8. The molecule has 23 heavy (non-hydrogen) atoms. The van der Waals surface area contributed by atoms with Crippen LogP contribution in [0.4, 0.5) is 13.2 Å². The second-order valence-electron chi connectivity index (χ2n) is 4.46. The summed E-state index contributed by atoms with van der Waals surface area (Å²) < 4.78 is 69.5. The second-order valence-corrected chi connectivity index (χ2v) is 6.22. The third-order valence-electron chi connectivity index (χ3n) is 2.80. The maximum atomic E-state index is 12.8. The highest BCUT2D eigenvalue weighted by molar-refractivity contribution is 7.89. The van der Waals surface area contributed by atoms with Gasteiger partial charge in [0.05, 0.1) is 28.7 Å². The number of hydrogen-bond donors (Lipinski definition) is 2. The molecule has 1 aromatic rings. The number of benzene rings is 1. The normalized spacial score (nSPS) is 12.1. The van der Waals surface area contributed by atoms with Crippen molar-refractivity contribution in [3.05, 3.63) is 29.3 Å². The summed E-state index contributed by atoms with van der Waals surface area (Å²) in [6.07, 6.45) is -4.81. The Morgan fingerprint density at radius 1 is 1.26 bits per heavy atom. The Balaban J connectivity index is 2.83. The number of rotatable bonds is 8. The van der Waals surface area contributed by atoms with Crippen LogP contribution in [0.3, 0.4) is 0 Å². The average Bonchev–Trinajstić information content (AvgIpc) is 2.49. The van der Waals surface area contributed by atoms with Crippen molar-refractivity contribution in [3.8, 4) is 6.07 Å². The van der Waals surface area contributed by atoms with Gasteiger partial charge in [0.15, 0.2) is 0 Å². The van der Waals surface area contributed by atoms with E-state index in [9.17, 15) is 21.6 Å². The third kappa shape index (κ3) is 5.80. The molecule has 0 unspecified atom stereocenters. The SMILES string of the molecule is COCCNCCNS(=O)(=O)c1ccc(C#N)c(C(F)(F)F)c1. The molecule has 0 aliphatic carbocycles. The molecule has 128 valence electrons. The van der Waals surface area contributed by atoms with Crippen molar-refractivity contribution in [2.45, 2.75) is 11.1 Å². The van der Waals surface area contributed by atoms with Crippen LogP contribution in [0.15, 0.2) is 23.1 Å². The van der Waals surface area contributed by atoms with E-state index in [-0.39, 0.29) is 6.54 Å². The fraction of sp³-hybridized carbons (Fsp3) is 0.462. The molecule has 0 aromatic heterocycles. The Labute approximate surface area is 132 Å². The zero-order valence-electron chi connectivity index (χ0n) is 12.3. The minimum absolute atomic E-state index is 0.00734. The summed E-state index contributed by atoms with van der Waals surface area (Å²) in [4.78, 5) is -0.541. The van der Waals surface area contributed by atoms with Gasteiger partial charge in [-0.1, -0.05) is 0 Å². The number of halogens is 3. The lowest BCUT2D eigenvalue weighted by atomic mass is 10.1. The van der Waals surface area contributed by atoms with E-state index >= 15 is 0 Å². The van der Waals surface area contributed by atoms with Gasteiger partial charge in [0, 0.05) is 26.7 Å². The largest absolute Gasteiger partial charge is 0.417 e. The molecule has 0 heterocycles. The van der Waals surface area contributed by atoms with Crippen LogP contribution in [0, 0.1) is 11.3 Å². The van der Waals surface area contributed by atoms with E-state index in [1.54, 1.807) is 0 Å². The topological polar surface area (TPSA) is 91.2 Å². The van der Waals surface area contributed by atoms with Gasteiger partial charge in [-0.05, 0) is 18.2 Å². The van der Waals surface area contributed by atoms with Crippen LogP contribution in [-0.4, -0.2) is 41.8 Å². The number of alkyl halides is 3. The van der Waals surface area contributed by atoms with E-state index in [1.807, 2.05) is 0 Å². The number of methoxy groups -OCH3 is 1. The van der Waals surface area contributed by atoms with Crippen molar-refractivity contribution in [1.82, 2.24) is 10.0 Å². The Hall–Kier alpha value is -1.67. The number of nitrogens with one attached hydrogen (secondary N) is 2. The molecule has 0 bridgehead atoms. The van der Waals surface area contributed by atoms with Crippen molar-refractivity contribution in [2.75, 3.05) is 33.4 Å². The van der Waals surface area contributed by atoms with Crippen LogP contribution in [0.25, 0.3) is 0 Å². The summed E-state index contributed by atoms with van der Waals surface area (Å²) >= 11 is 0. The molecule has 2 N–H and O–H groups in total. The van der Waals surface area contributed by atoms with Crippen molar-refractivity contribution in [1.29, 1.82) is 5.26 Å². The molecular weight excluding hydrogens is 335 g/mol. The van der Waals surface area contributed by atoms with E-state index in [2.05, 4.69) is 10.0 Å². The summed E-state index contributed by atoms with van der Waals surface area (Å²) in [5, 5.41) is 11.6. The highest BCUT2D eigenvalue weighted by Gasteiger charge is 2.34. The van der Waals surface area contributed by atoms with Crippen molar-refractivity contribution < 1.29 is 26.3 Å². The van der Waals surface area contributed by atoms with Gasteiger partial charge in [0.25, 0.3) is 0 Å². The molecule has 6 nitrogen and oxygen atoms in total. The Kier molecular flexibility index (Phi) is 6.96. The first-order valence-corrected chi connectivity index (χ1v) is 8.01. The first kappa shape index (κ1) is 19.4. The fourth-order valence-electron chi connectivity index (χ4n) is 1.68. The molecular formula is C13H16F3N3O3S. The highest BCUT2D eigenvalue weighted by Crippen LogP contribution is 2.33. The summed E-state index contributed by atoms with van der Waals surface area (Å²) in [6.45, 7) is 1.28. The van der Waals surface area contributed by atoms with Gasteiger partial charge >= 0.3 is 6.18 Å². The van der Waals surface area contributed by atoms with Gasteiger partial charge < -0.3 is 10.1 Å². The minimum Gasteiger partial charge on any atom is -0.383 e. The molecule has 0 aliphatic rings. The molecule has 0 amide bonds. The molecule has 0 saturated heterocycles. The number of nitriles is 1. The lowest BCUT2D eigenvalue weighted by Gasteiger charge is -2.12. The van der Waals surface area contributed by atoms with Gasteiger partial charge in [-0.2, -0.15) is 18.4 Å². The molecule has 1 rings (SSSR count). The lowest BCUT2D eigenvalue weighted by molar-refractivity contribution is -0.137. The van der Waals surface area contributed by atoms with Crippen LogP contribution in [-0.2, 0) is 20.9 Å². The number of sulfonamides is 1. The zero-order valence-corrected chi connectivity index (χ0v) is 13.1. The molecule has 0 aliphatic heterocycles. The molecule has 0 radical (unpaired) electrons. The summed E-state index contributed by atoms with van der Waals surface area (Å²) in [7, 11) is -2.57. The van der Waals surface area contributed by atoms with E-state index in [4.69, 9.17) is 10.00 Å². The average molecular weight is 351 g/mol. The van der Waals surface area contributed by atoms with E-state index in [1.165, 1.54) is 13.2 Å². The van der Waals surface area contributed by atoms with E-state index in [0.717, 1.165) is 12.1 Å². The van der Waals surface area contributed by atoms with Gasteiger partial charge in [0.2, 0.25) is 10.0 Å². The third-order valence-corrected chi connectivity index (χ3v) is 4.26. The maximum Gasteiger partial charge on any atom is 0.417 e. The predicted octanol–water partition coefficient (Wildman–Crippen LogP) is 1.09. The van der Waals surface area contributed by atoms with E-state index in [0.29, 0.717) is 25.8 Å². The molecule has 0 spiro atoms. The second kappa shape index (κ2) is 8.26. The van der Waals surface area contributed by atoms with Crippen molar-refractivity contribution in [3.63, 3.8) is 0 Å². The fourth-order valence-corrected chi connectivity index (χ4v) is 2.74. The van der Waals surface area contributed by atoms with E-state index < -0.39 is 32.2 Å². The Morgan fingerprint density at radius 3 is 2.52 bits per heavy atom. The van der Waals surface area contributed by atoms with Crippen LogP contribution < -0.4 is 10.0 Å². The monoisotopic (exact) mass is 351 g/mol. The molecule has 10 heteroatoms. The molecule has 0 saturated carbocycles. The smallest absolute Gasteiger partial charge is 0.383 e. The van der Waals surface area contributed by atoms with Crippen molar-refractivity contribution >= 4 is 10.0 Å². The molecule has 1 aromatic carbocycles. The summed E-state index contributed by atoms with van der Waals surface area (Å²) in [6, 6.07) is 3.66. The van der Waals surface area contributed by atoms with Crippen LogP contribution in [0.5, 0.6) is 0 Å². The Bertz CT molecular complexity index is 669. The van der Waals surface area contributed by atoms with Crippen LogP contribution in [0.1, 0.15) is 11.1 Å². The molecule has 0 fully saturated rings. The Morgan fingerprint density at radius 2 is 1.96 bits per heavy atom. The summed E-state index contributed by atoms with van der Waals surface area (Å²) in [5.74, 6) is 0. The van der Waals surface area contributed by atoms with Gasteiger partial charge in [-0.3, -0.25) is 0 Å². The van der Waals surface area contributed by atoms with Gasteiger partial charge in [-0.25, -0.2) is 13.1 Å². The first-order valence-electron chi connectivity index (χ1n) is 6.53. The predicted molar refractivity (Wildman–Crippen MR) is 76.1 cm³/mol. The van der Waals surface area contributed by atoms with Gasteiger partial charge in [0.1, 0.15) is 0 Å². The van der Waals surface area contributed by atoms with Gasteiger partial charge in [-0.15, -0.1) is 0 Å². The minimum atomic E-state index is -4.81. The quantitative estimate of drug-likeness (QED) is 0.684. The molecule has 0 atom stereocenters. The summed E-state index contributed by atoms with van der Waals surface area (Å²) in [5.41, 5.74) is -1.90. The number of ether oxygens (including phenoxy) is 1. The highest BCUT2D eigenvalue weighted by atomic mass is 32.2. The first-order chi connectivity index (χ1) is 10.7. The number of hydrogen-bond acceptors (Lipinski definition) is 5. The van der Waals surface area contributed by atoms with Crippen LogP contribution in [0.2, 0.25) is 0 Å². The standard InChI is InChI=1S/C13H16F3N3O3S/c1-22-7-6-18-4-5-19-23(20,21)11-3-2-10(9-17)12(8-11)13(14,15)16/h2-3,8,18-19H,4-7H2,1H3. The number of nitrogens with zero attached hydrogens (tertiary/aromatic N) is 1. The van der Waals surface area contributed by atoms with Crippen LogP contribution >= 0.6 is 0 Å². The lowest BCUT2D eigenvalue weighted by Crippen LogP contribution is -2.33. The van der Waals surface area contributed by atoms with Crippen molar-refractivity contribution in [2.24, 2.45) is 0 Å².